The monoisotopic (exact) mass is 379 g/mol. The first kappa shape index (κ1) is 19.2. The molecule has 0 unspecified atom stereocenters. The highest BCUT2D eigenvalue weighted by Crippen LogP contribution is 2.26. The van der Waals surface area contributed by atoms with E-state index in [9.17, 15) is 4.79 Å². The SMILES string of the molecule is COc1cc(OC)cc(C(=O)Nc2c(C)nc(Oc3ccccc3)nc2C)c1. The van der Waals surface area contributed by atoms with Crippen LogP contribution in [-0.2, 0) is 0 Å². The number of nitrogens with zero attached hydrogens (tertiary/aromatic N) is 2. The lowest BCUT2D eigenvalue weighted by atomic mass is 10.1. The van der Waals surface area contributed by atoms with Gasteiger partial charge in [0.25, 0.3) is 5.91 Å². The van der Waals surface area contributed by atoms with Gasteiger partial charge >= 0.3 is 6.01 Å². The number of benzene rings is 2. The summed E-state index contributed by atoms with van der Waals surface area (Å²) in [7, 11) is 3.06. The minimum atomic E-state index is -0.316. The molecule has 0 saturated heterocycles. The van der Waals surface area contributed by atoms with Gasteiger partial charge in [0.2, 0.25) is 0 Å². The standard InChI is InChI=1S/C21H21N3O4/c1-13-19(14(2)23-21(22-13)28-16-8-6-5-7-9-16)24-20(25)15-10-17(26-3)12-18(11-15)27-4/h5-12H,1-4H3,(H,24,25). The topological polar surface area (TPSA) is 82.6 Å². The molecule has 0 spiro atoms. The van der Waals surface area contributed by atoms with Crippen molar-refractivity contribution >= 4 is 11.6 Å². The molecule has 1 amide bonds. The number of carbonyl (C=O) groups excluding carboxylic acids is 1. The van der Waals surface area contributed by atoms with Crippen LogP contribution in [0.5, 0.6) is 23.3 Å². The zero-order chi connectivity index (χ0) is 20.1. The van der Waals surface area contributed by atoms with Gasteiger partial charge in [0.15, 0.2) is 0 Å². The Balaban J connectivity index is 1.83. The van der Waals surface area contributed by atoms with Gasteiger partial charge in [-0.05, 0) is 38.1 Å². The Morgan fingerprint density at radius 2 is 1.43 bits per heavy atom. The van der Waals surface area contributed by atoms with E-state index < -0.39 is 0 Å². The van der Waals surface area contributed by atoms with Crippen LogP contribution in [0.1, 0.15) is 21.7 Å². The number of aromatic nitrogens is 2. The fraction of sp³-hybridized carbons (Fsp3) is 0.190. The number of amides is 1. The normalized spacial score (nSPS) is 10.3. The van der Waals surface area contributed by atoms with Gasteiger partial charge in [-0.3, -0.25) is 4.79 Å². The smallest absolute Gasteiger partial charge is 0.322 e. The predicted octanol–water partition coefficient (Wildman–Crippen LogP) is 4.16. The fourth-order valence-electron chi connectivity index (χ4n) is 2.63. The highest BCUT2D eigenvalue weighted by atomic mass is 16.5. The third kappa shape index (κ3) is 4.37. The van der Waals surface area contributed by atoms with Crippen molar-refractivity contribution < 1.29 is 19.0 Å². The van der Waals surface area contributed by atoms with Crippen LogP contribution >= 0.6 is 0 Å². The molecule has 28 heavy (non-hydrogen) atoms. The molecule has 1 N–H and O–H groups in total. The van der Waals surface area contributed by atoms with E-state index in [4.69, 9.17) is 14.2 Å². The van der Waals surface area contributed by atoms with E-state index >= 15 is 0 Å². The summed E-state index contributed by atoms with van der Waals surface area (Å²) in [6, 6.07) is 14.5. The molecule has 0 fully saturated rings. The highest BCUT2D eigenvalue weighted by Gasteiger charge is 2.15. The van der Waals surface area contributed by atoms with Gasteiger partial charge < -0.3 is 19.5 Å². The van der Waals surface area contributed by atoms with Gasteiger partial charge in [-0.25, -0.2) is 0 Å². The minimum Gasteiger partial charge on any atom is -0.497 e. The maximum absolute atomic E-state index is 12.7. The Hall–Kier alpha value is -3.61. The van der Waals surface area contributed by atoms with Crippen LogP contribution in [-0.4, -0.2) is 30.1 Å². The van der Waals surface area contributed by atoms with Crippen LogP contribution in [0, 0.1) is 13.8 Å². The van der Waals surface area contributed by atoms with Crippen LogP contribution in [0.3, 0.4) is 0 Å². The number of hydrogen-bond donors (Lipinski definition) is 1. The second-order valence-electron chi connectivity index (χ2n) is 6.02. The molecule has 3 rings (SSSR count). The van der Waals surface area contributed by atoms with Crippen LogP contribution in [0.15, 0.2) is 48.5 Å². The van der Waals surface area contributed by atoms with Crippen LogP contribution in [0.4, 0.5) is 5.69 Å². The molecule has 0 saturated carbocycles. The second kappa shape index (κ2) is 8.39. The van der Waals surface area contributed by atoms with Crippen molar-refractivity contribution in [3.05, 3.63) is 65.5 Å². The van der Waals surface area contributed by atoms with Crippen LogP contribution in [0.2, 0.25) is 0 Å². The van der Waals surface area contributed by atoms with Gasteiger partial charge in [0.1, 0.15) is 17.2 Å². The van der Waals surface area contributed by atoms with E-state index in [1.165, 1.54) is 14.2 Å². The summed E-state index contributed by atoms with van der Waals surface area (Å²) in [5, 5.41) is 2.86. The lowest BCUT2D eigenvalue weighted by Crippen LogP contribution is -2.15. The Labute approximate surface area is 163 Å². The third-order valence-electron chi connectivity index (χ3n) is 4.05. The molecule has 7 nitrogen and oxygen atoms in total. The molecule has 1 aromatic heterocycles. The van der Waals surface area contributed by atoms with Crippen molar-refractivity contribution in [1.29, 1.82) is 0 Å². The summed E-state index contributed by atoms with van der Waals surface area (Å²) in [5.74, 6) is 1.38. The summed E-state index contributed by atoms with van der Waals surface area (Å²) in [5.41, 5.74) is 2.13. The Bertz CT molecular complexity index is 945. The van der Waals surface area contributed by atoms with Crippen molar-refractivity contribution in [2.75, 3.05) is 19.5 Å². The van der Waals surface area contributed by atoms with Crippen molar-refractivity contribution in [2.24, 2.45) is 0 Å². The van der Waals surface area contributed by atoms with Gasteiger partial charge in [-0.15, -0.1) is 0 Å². The molecule has 0 aliphatic heterocycles. The molecule has 0 aliphatic rings. The largest absolute Gasteiger partial charge is 0.497 e. The minimum absolute atomic E-state index is 0.224. The van der Waals surface area contributed by atoms with Crippen LogP contribution in [0.25, 0.3) is 0 Å². The molecule has 3 aromatic rings. The van der Waals surface area contributed by atoms with Crippen molar-refractivity contribution in [1.82, 2.24) is 9.97 Å². The maximum atomic E-state index is 12.7. The molecule has 144 valence electrons. The van der Waals surface area contributed by atoms with E-state index in [-0.39, 0.29) is 11.9 Å². The van der Waals surface area contributed by atoms with Gasteiger partial charge in [0.05, 0.1) is 31.3 Å². The zero-order valence-electron chi connectivity index (χ0n) is 16.1. The Morgan fingerprint density at radius 3 is 1.96 bits per heavy atom. The Morgan fingerprint density at radius 1 is 0.857 bits per heavy atom. The number of rotatable bonds is 6. The third-order valence-corrected chi connectivity index (χ3v) is 4.05. The first-order valence-electron chi connectivity index (χ1n) is 8.62. The number of carbonyl (C=O) groups is 1. The highest BCUT2D eigenvalue weighted by molar-refractivity contribution is 6.05. The van der Waals surface area contributed by atoms with E-state index in [1.54, 1.807) is 32.0 Å². The molecular formula is C21H21N3O4. The molecule has 0 radical (unpaired) electrons. The molecule has 0 bridgehead atoms. The van der Waals surface area contributed by atoms with E-state index in [2.05, 4.69) is 15.3 Å². The number of hydrogen-bond acceptors (Lipinski definition) is 6. The average Bonchev–Trinajstić information content (AvgIpc) is 2.70. The number of anilines is 1. The number of ether oxygens (including phenoxy) is 3. The summed E-state index contributed by atoms with van der Waals surface area (Å²) in [6.07, 6.45) is 0. The van der Waals surface area contributed by atoms with Gasteiger partial charge in [-0.2, -0.15) is 9.97 Å². The lowest BCUT2D eigenvalue weighted by Gasteiger charge is -2.13. The number of methoxy groups -OCH3 is 2. The van der Waals surface area contributed by atoms with Gasteiger partial charge in [0, 0.05) is 11.6 Å². The van der Waals surface area contributed by atoms with E-state index in [0.29, 0.717) is 39.9 Å². The summed E-state index contributed by atoms with van der Waals surface area (Å²) in [6.45, 7) is 3.57. The molecule has 2 aromatic carbocycles. The Kier molecular flexibility index (Phi) is 5.74. The fourth-order valence-corrected chi connectivity index (χ4v) is 2.63. The predicted molar refractivity (Wildman–Crippen MR) is 106 cm³/mol. The van der Waals surface area contributed by atoms with Crippen molar-refractivity contribution in [3.63, 3.8) is 0 Å². The first-order valence-corrected chi connectivity index (χ1v) is 8.62. The number of aryl methyl sites for hydroxylation is 2. The second-order valence-corrected chi connectivity index (χ2v) is 6.02. The summed E-state index contributed by atoms with van der Waals surface area (Å²) in [4.78, 5) is 21.4. The van der Waals surface area contributed by atoms with Crippen LogP contribution < -0.4 is 19.5 Å². The summed E-state index contributed by atoms with van der Waals surface area (Å²) < 4.78 is 16.1. The molecule has 0 aliphatic carbocycles. The number of nitrogens with one attached hydrogen (secondary N) is 1. The molecule has 1 heterocycles. The molecular weight excluding hydrogens is 358 g/mol. The van der Waals surface area contributed by atoms with Gasteiger partial charge in [-0.1, -0.05) is 18.2 Å². The maximum Gasteiger partial charge on any atom is 0.322 e. The molecule has 7 heteroatoms. The van der Waals surface area contributed by atoms with Crippen molar-refractivity contribution in [2.45, 2.75) is 13.8 Å². The van der Waals surface area contributed by atoms with E-state index in [1.807, 2.05) is 30.3 Å². The lowest BCUT2D eigenvalue weighted by molar-refractivity contribution is 0.102. The summed E-state index contributed by atoms with van der Waals surface area (Å²) >= 11 is 0. The molecule has 0 atom stereocenters. The average molecular weight is 379 g/mol. The number of para-hydroxylation sites is 1. The van der Waals surface area contributed by atoms with E-state index in [0.717, 1.165) is 0 Å². The van der Waals surface area contributed by atoms with Crippen molar-refractivity contribution in [3.8, 4) is 23.3 Å². The quantitative estimate of drug-likeness (QED) is 0.693. The zero-order valence-corrected chi connectivity index (χ0v) is 16.1. The first-order chi connectivity index (χ1) is 13.5.